The number of sulfonamides is 1. The lowest BCUT2D eigenvalue weighted by atomic mass is 10.1. The van der Waals surface area contributed by atoms with Crippen LogP contribution >= 0.6 is 34.5 Å². The van der Waals surface area contributed by atoms with E-state index in [0.29, 0.717) is 21.6 Å². The molecule has 3 rings (SSSR count). The van der Waals surface area contributed by atoms with E-state index >= 15 is 0 Å². The van der Waals surface area contributed by atoms with Gasteiger partial charge in [0.2, 0.25) is 15.9 Å². The van der Waals surface area contributed by atoms with Crippen LogP contribution in [0.4, 0.5) is 9.52 Å². The highest BCUT2D eigenvalue weighted by Crippen LogP contribution is 2.27. The standard InChI is InChI=1S/C19H16Cl2FN3O3S2/c1-25(30(27,28)16-5-3-14(22)4-6-16)11-18(26)24-19-23-10-15(29-19)9-12-8-13(20)2-7-17(12)21/h2-8,10H,9,11H2,1H3,(H,23,24,26). The molecule has 2 aromatic carbocycles. The summed E-state index contributed by atoms with van der Waals surface area (Å²) in [7, 11) is -2.66. The van der Waals surface area contributed by atoms with E-state index in [4.69, 9.17) is 23.2 Å². The van der Waals surface area contributed by atoms with Gasteiger partial charge in [-0.2, -0.15) is 4.31 Å². The predicted molar refractivity (Wildman–Crippen MR) is 116 cm³/mol. The van der Waals surface area contributed by atoms with Crippen LogP contribution in [0, 0.1) is 5.82 Å². The zero-order valence-electron chi connectivity index (χ0n) is 15.6. The quantitative estimate of drug-likeness (QED) is 0.534. The molecule has 0 aliphatic heterocycles. The van der Waals surface area contributed by atoms with E-state index in [-0.39, 0.29) is 4.90 Å². The average molecular weight is 488 g/mol. The maximum atomic E-state index is 13.0. The van der Waals surface area contributed by atoms with Gasteiger partial charge in [0.15, 0.2) is 5.13 Å². The summed E-state index contributed by atoms with van der Waals surface area (Å²) in [5.74, 6) is -1.10. The molecule has 0 aliphatic carbocycles. The Balaban J connectivity index is 1.62. The number of hydrogen-bond donors (Lipinski definition) is 1. The SMILES string of the molecule is CN(CC(=O)Nc1ncc(Cc2cc(Cl)ccc2Cl)s1)S(=O)(=O)c1ccc(F)cc1. The Bertz CT molecular complexity index is 1170. The number of thiazole rings is 1. The maximum Gasteiger partial charge on any atom is 0.243 e. The molecular weight excluding hydrogens is 472 g/mol. The monoisotopic (exact) mass is 487 g/mol. The second-order valence-electron chi connectivity index (χ2n) is 6.31. The highest BCUT2D eigenvalue weighted by molar-refractivity contribution is 7.89. The molecule has 158 valence electrons. The minimum atomic E-state index is -3.93. The molecule has 0 spiro atoms. The van der Waals surface area contributed by atoms with E-state index in [0.717, 1.165) is 39.0 Å². The third-order valence-corrected chi connectivity index (χ3v) is 7.39. The van der Waals surface area contributed by atoms with Gasteiger partial charge >= 0.3 is 0 Å². The van der Waals surface area contributed by atoms with Gasteiger partial charge in [-0.15, -0.1) is 11.3 Å². The number of likely N-dealkylation sites (N-methyl/N-ethyl adjacent to an activating group) is 1. The first-order valence-electron chi connectivity index (χ1n) is 8.55. The van der Waals surface area contributed by atoms with Crippen molar-refractivity contribution in [2.75, 3.05) is 18.9 Å². The molecule has 0 atom stereocenters. The molecule has 0 saturated carbocycles. The second-order valence-corrected chi connectivity index (χ2v) is 10.3. The van der Waals surface area contributed by atoms with Gasteiger partial charge in [0, 0.05) is 34.6 Å². The van der Waals surface area contributed by atoms with E-state index in [1.165, 1.54) is 18.4 Å². The number of nitrogens with one attached hydrogen (secondary N) is 1. The lowest BCUT2D eigenvalue weighted by molar-refractivity contribution is -0.116. The summed E-state index contributed by atoms with van der Waals surface area (Å²) < 4.78 is 38.9. The van der Waals surface area contributed by atoms with Crippen LogP contribution in [0.3, 0.4) is 0 Å². The van der Waals surface area contributed by atoms with Gasteiger partial charge in [-0.25, -0.2) is 17.8 Å². The van der Waals surface area contributed by atoms with Gasteiger partial charge < -0.3 is 5.32 Å². The van der Waals surface area contributed by atoms with Gasteiger partial charge in [0.25, 0.3) is 0 Å². The Morgan fingerprint density at radius 1 is 1.20 bits per heavy atom. The Labute approximate surface area is 187 Å². The normalized spacial score (nSPS) is 11.6. The van der Waals surface area contributed by atoms with Gasteiger partial charge in [0.1, 0.15) is 5.82 Å². The number of anilines is 1. The summed E-state index contributed by atoms with van der Waals surface area (Å²) in [6.45, 7) is -0.422. The fourth-order valence-corrected chi connectivity index (χ4v) is 4.90. The minimum Gasteiger partial charge on any atom is -0.301 e. The largest absolute Gasteiger partial charge is 0.301 e. The van der Waals surface area contributed by atoms with E-state index < -0.39 is 28.3 Å². The summed E-state index contributed by atoms with van der Waals surface area (Å²) in [5.41, 5.74) is 0.829. The lowest BCUT2D eigenvalue weighted by Gasteiger charge is -2.16. The fourth-order valence-electron chi connectivity index (χ4n) is 2.55. The number of amides is 1. The molecule has 6 nitrogen and oxygen atoms in total. The summed E-state index contributed by atoms with van der Waals surface area (Å²) in [5, 5.41) is 4.06. The van der Waals surface area contributed by atoms with Gasteiger partial charge in [-0.05, 0) is 48.0 Å². The number of carbonyl (C=O) groups is 1. The van der Waals surface area contributed by atoms with Crippen LogP contribution in [-0.4, -0.2) is 37.2 Å². The lowest BCUT2D eigenvalue weighted by Crippen LogP contribution is -2.34. The molecule has 1 heterocycles. The number of benzene rings is 2. The van der Waals surface area contributed by atoms with E-state index in [1.54, 1.807) is 24.4 Å². The van der Waals surface area contributed by atoms with Crippen molar-refractivity contribution in [2.45, 2.75) is 11.3 Å². The molecule has 0 unspecified atom stereocenters. The molecule has 30 heavy (non-hydrogen) atoms. The summed E-state index contributed by atoms with van der Waals surface area (Å²) in [6.07, 6.45) is 2.10. The van der Waals surface area contributed by atoms with Crippen molar-refractivity contribution < 1.29 is 17.6 Å². The first-order chi connectivity index (χ1) is 14.1. The number of aromatic nitrogens is 1. The predicted octanol–water partition coefficient (Wildman–Crippen LogP) is 4.44. The smallest absolute Gasteiger partial charge is 0.243 e. The average Bonchev–Trinajstić information content (AvgIpc) is 3.11. The van der Waals surface area contributed by atoms with Gasteiger partial charge in [-0.3, -0.25) is 4.79 Å². The highest BCUT2D eigenvalue weighted by Gasteiger charge is 2.23. The third kappa shape index (κ3) is 5.55. The van der Waals surface area contributed by atoms with Crippen LogP contribution in [0.5, 0.6) is 0 Å². The van der Waals surface area contributed by atoms with Crippen LogP contribution in [0.25, 0.3) is 0 Å². The first-order valence-corrected chi connectivity index (χ1v) is 11.6. The van der Waals surface area contributed by atoms with Crippen LogP contribution < -0.4 is 5.32 Å². The zero-order chi connectivity index (χ0) is 21.9. The second kappa shape index (κ2) is 9.40. The Morgan fingerprint density at radius 2 is 1.90 bits per heavy atom. The molecule has 1 amide bonds. The van der Waals surface area contributed by atoms with Gasteiger partial charge in [-0.1, -0.05) is 23.2 Å². The number of halogens is 3. The zero-order valence-corrected chi connectivity index (χ0v) is 18.7. The Morgan fingerprint density at radius 3 is 2.60 bits per heavy atom. The fraction of sp³-hybridized carbons (Fsp3) is 0.158. The third-order valence-electron chi connectivity index (χ3n) is 4.06. The highest BCUT2D eigenvalue weighted by atomic mass is 35.5. The van der Waals surface area contributed by atoms with Crippen molar-refractivity contribution in [3.8, 4) is 0 Å². The van der Waals surface area contributed by atoms with Crippen molar-refractivity contribution in [3.63, 3.8) is 0 Å². The molecule has 0 saturated heterocycles. The molecule has 0 radical (unpaired) electrons. The molecule has 11 heteroatoms. The summed E-state index contributed by atoms with van der Waals surface area (Å²) >= 11 is 13.4. The topological polar surface area (TPSA) is 79.4 Å². The summed E-state index contributed by atoms with van der Waals surface area (Å²) in [6, 6.07) is 9.55. The Hall–Kier alpha value is -2.04. The molecule has 0 aliphatic rings. The molecule has 1 aromatic heterocycles. The molecule has 0 bridgehead atoms. The number of carbonyl (C=O) groups excluding carboxylic acids is 1. The van der Waals surface area contributed by atoms with E-state index in [2.05, 4.69) is 10.3 Å². The van der Waals surface area contributed by atoms with Crippen molar-refractivity contribution in [3.05, 3.63) is 75.0 Å². The maximum absolute atomic E-state index is 13.0. The van der Waals surface area contributed by atoms with Crippen LogP contribution in [-0.2, 0) is 21.2 Å². The van der Waals surface area contributed by atoms with Crippen molar-refractivity contribution >= 4 is 55.6 Å². The molecule has 1 N–H and O–H groups in total. The number of rotatable bonds is 7. The van der Waals surface area contributed by atoms with Crippen molar-refractivity contribution in [1.82, 2.24) is 9.29 Å². The molecule has 3 aromatic rings. The Kier molecular flexibility index (Phi) is 7.10. The summed E-state index contributed by atoms with van der Waals surface area (Å²) in [4.78, 5) is 17.2. The van der Waals surface area contributed by atoms with Crippen molar-refractivity contribution in [1.29, 1.82) is 0 Å². The van der Waals surface area contributed by atoms with Crippen LogP contribution in [0.2, 0.25) is 10.0 Å². The minimum absolute atomic E-state index is 0.103. The van der Waals surface area contributed by atoms with Crippen molar-refractivity contribution in [2.24, 2.45) is 0 Å². The van der Waals surface area contributed by atoms with E-state index in [9.17, 15) is 17.6 Å². The molecule has 0 fully saturated rings. The molecular formula is C19H16Cl2FN3O3S2. The van der Waals surface area contributed by atoms with Gasteiger partial charge in [0.05, 0.1) is 11.4 Å². The van der Waals surface area contributed by atoms with E-state index in [1.807, 2.05) is 0 Å². The first kappa shape index (κ1) is 22.6. The number of hydrogen-bond acceptors (Lipinski definition) is 5. The van der Waals surface area contributed by atoms with Crippen LogP contribution in [0.1, 0.15) is 10.4 Å². The number of nitrogens with zero attached hydrogens (tertiary/aromatic N) is 2. The van der Waals surface area contributed by atoms with Crippen LogP contribution in [0.15, 0.2) is 53.6 Å².